The van der Waals surface area contributed by atoms with Gasteiger partial charge in [0, 0.05) is 11.3 Å². The van der Waals surface area contributed by atoms with Gasteiger partial charge in [0.25, 0.3) is 0 Å². The van der Waals surface area contributed by atoms with E-state index in [4.69, 9.17) is 4.74 Å². The Morgan fingerprint density at radius 1 is 1.10 bits per heavy atom. The lowest BCUT2D eigenvalue weighted by molar-refractivity contribution is -0.125. The summed E-state index contributed by atoms with van der Waals surface area (Å²) in [5.74, 6) is -1.13. The fourth-order valence-corrected chi connectivity index (χ4v) is 5.79. The molecule has 0 aliphatic carbocycles. The summed E-state index contributed by atoms with van der Waals surface area (Å²) in [5.41, 5.74) is 2.43. The second kappa shape index (κ2) is 6.68. The Balaban J connectivity index is 1.82. The smallest absolute Gasteiger partial charge is 0.346 e. The predicted molar refractivity (Wildman–Crippen MR) is 117 cm³/mol. The number of carboxylic acid groups (broad SMARTS) is 1. The fraction of sp³-hybridized carbons (Fsp3) is 0.174. The number of nitrogens with one attached hydrogen (secondary N) is 2. The summed E-state index contributed by atoms with van der Waals surface area (Å²) < 4.78 is 5.20. The molecule has 0 fully saturated rings. The zero-order valence-electron chi connectivity index (χ0n) is 16.7. The Bertz CT molecular complexity index is 1280. The van der Waals surface area contributed by atoms with Gasteiger partial charge in [0.1, 0.15) is 16.0 Å². The molecule has 1 aromatic heterocycles. The van der Waals surface area contributed by atoms with E-state index < -0.39 is 11.4 Å². The summed E-state index contributed by atoms with van der Waals surface area (Å²) in [6.07, 6.45) is -0.0795. The van der Waals surface area contributed by atoms with Crippen LogP contribution in [0, 0.1) is 6.92 Å². The van der Waals surface area contributed by atoms with E-state index in [1.807, 2.05) is 25.1 Å². The average Bonchev–Trinajstić information content (AvgIpc) is 3.26. The molecule has 3 aromatic rings. The van der Waals surface area contributed by atoms with Crippen LogP contribution >= 0.6 is 11.3 Å². The van der Waals surface area contributed by atoms with Crippen LogP contribution in [0.2, 0.25) is 0 Å². The number of carbonyl (C=O) groups excluding carboxylic acids is 2. The van der Waals surface area contributed by atoms with Crippen LogP contribution in [0.4, 0.5) is 11.4 Å². The second-order valence-corrected chi connectivity index (χ2v) is 8.65. The van der Waals surface area contributed by atoms with Gasteiger partial charge in [-0.15, -0.1) is 11.3 Å². The number of carbonyl (C=O) groups is 3. The number of para-hydroxylation sites is 1. The summed E-state index contributed by atoms with van der Waals surface area (Å²) in [4.78, 5) is 39.0. The Hall–Kier alpha value is -3.65. The highest BCUT2D eigenvalue weighted by Crippen LogP contribution is 2.56. The summed E-state index contributed by atoms with van der Waals surface area (Å²) in [7, 11) is 1.55. The van der Waals surface area contributed by atoms with Crippen LogP contribution in [0.5, 0.6) is 5.75 Å². The molecule has 0 bridgehead atoms. The maximum Gasteiger partial charge on any atom is 0.346 e. The number of rotatable bonds is 3. The maximum absolute atomic E-state index is 13.3. The van der Waals surface area contributed by atoms with Crippen molar-refractivity contribution in [3.05, 3.63) is 63.3 Å². The van der Waals surface area contributed by atoms with E-state index >= 15 is 0 Å². The maximum atomic E-state index is 13.3. The number of amides is 2. The first-order chi connectivity index (χ1) is 14.9. The molecule has 0 radical (unpaired) electrons. The highest BCUT2D eigenvalue weighted by molar-refractivity contribution is 7.15. The van der Waals surface area contributed by atoms with E-state index in [0.717, 1.165) is 16.9 Å². The van der Waals surface area contributed by atoms with Crippen LogP contribution in [0.15, 0.2) is 42.5 Å². The summed E-state index contributed by atoms with van der Waals surface area (Å²) in [5, 5.41) is 15.7. The molecule has 0 unspecified atom stereocenters. The van der Waals surface area contributed by atoms with Gasteiger partial charge in [0.05, 0.1) is 24.1 Å². The lowest BCUT2D eigenvalue weighted by Gasteiger charge is -2.31. The molecule has 5 rings (SSSR count). The van der Waals surface area contributed by atoms with E-state index in [2.05, 4.69) is 10.6 Å². The molecular formula is C23H18N2O5S. The van der Waals surface area contributed by atoms with Gasteiger partial charge in [-0.1, -0.05) is 30.3 Å². The van der Waals surface area contributed by atoms with Crippen molar-refractivity contribution in [1.29, 1.82) is 0 Å². The summed E-state index contributed by atoms with van der Waals surface area (Å²) in [6, 6.07) is 12.5. The van der Waals surface area contributed by atoms with Gasteiger partial charge >= 0.3 is 5.97 Å². The standard InChI is InChI=1S/C23H18N2O5S/c1-11-4-3-5-14-17(11)25-22(29)23(14)10-15(26)24-18-16(19(21(27)28)31-20(18)23)12-6-8-13(30-2)9-7-12/h3-9H,10H2,1-2H3,(H,24,26)(H,25,29)(H,27,28)/t23-/m1/s1. The van der Waals surface area contributed by atoms with Gasteiger partial charge in [0.15, 0.2) is 0 Å². The zero-order valence-corrected chi connectivity index (χ0v) is 17.6. The predicted octanol–water partition coefficient (Wildman–Crippen LogP) is 4.01. The molecule has 1 spiro atoms. The van der Waals surface area contributed by atoms with Gasteiger partial charge in [-0.3, -0.25) is 9.59 Å². The third-order valence-corrected chi connectivity index (χ3v) is 7.26. The molecule has 3 N–H and O–H groups in total. The molecule has 0 saturated carbocycles. The summed E-state index contributed by atoms with van der Waals surface area (Å²) >= 11 is 1.04. The number of thiophene rings is 1. The van der Waals surface area contributed by atoms with Crippen LogP contribution in [0.25, 0.3) is 11.1 Å². The molecule has 2 aromatic carbocycles. The molecule has 2 aliphatic rings. The molecule has 0 saturated heterocycles. The first-order valence-corrected chi connectivity index (χ1v) is 10.4. The number of aromatic carboxylic acids is 1. The number of fused-ring (bicyclic) bond motifs is 4. The number of benzene rings is 2. The van der Waals surface area contributed by atoms with E-state index in [9.17, 15) is 19.5 Å². The third kappa shape index (κ3) is 2.61. The highest BCUT2D eigenvalue weighted by atomic mass is 32.1. The summed E-state index contributed by atoms with van der Waals surface area (Å²) in [6.45, 7) is 1.89. The zero-order chi connectivity index (χ0) is 21.9. The molecular weight excluding hydrogens is 416 g/mol. The SMILES string of the molecule is COc1ccc(-c2c(C(=O)O)sc3c2NC(=O)C[C@]32C(=O)Nc3c(C)cccc32)cc1. The fourth-order valence-electron chi connectivity index (χ4n) is 4.47. The van der Waals surface area contributed by atoms with Crippen LogP contribution in [-0.2, 0) is 15.0 Å². The van der Waals surface area contributed by atoms with Crippen LogP contribution in [0.3, 0.4) is 0 Å². The number of anilines is 2. The molecule has 2 aliphatic heterocycles. The molecule has 2 amide bonds. The van der Waals surface area contributed by atoms with Crippen molar-refractivity contribution in [1.82, 2.24) is 0 Å². The van der Waals surface area contributed by atoms with Crippen molar-refractivity contribution in [3.63, 3.8) is 0 Å². The van der Waals surface area contributed by atoms with E-state index in [-0.39, 0.29) is 23.1 Å². The van der Waals surface area contributed by atoms with Crippen molar-refractivity contribution in [2.45, 2.75) is 18.8 Å². The number of ether oxygens (including phenoxy) is 1. The van der Waals surface area contributed by atoms with Gasteiger partial charge in [0.2, 0.25) is 11.8 Å². The number of carboxylic acids is 1. The minimum absolute atomic E-state index is 0.0747. The topological polar surface area (TPSA) is 105 Å². The Labute approximate surface area is 181 Å². The lowest BCUT2D eigenvalue weighted by atomic mass is 9.74. The second-order valence-electron chi connectivity index (χ2n) is 7.63. The van der Waals surface area contributed by atoms with Crippen LogP contribution < -0.4 is 15.4 Å². The van der Waals surface area contributed by atoms with Crippen molar-refractivity contribution in [2.24, 2.45) is 0 Å². The largest absolute Gasteiger partial charge is 0.497 e. The van der Waals surface area contributed by atoms with Gasteiger partial charge < -0.3 is 20.5 Å². The van der Waals surface area contributed by atoms with Gasteiger partial charge in [-0.25, -0.2) is 4.79 Å². The Kier molecular flexibility index (Phi) is 4.16. The van der Waals surface area contributed by atoms with Gasteiger partial charge in [-0.05, 0) is 35.7 Å². The lowest BCUT2D eigenvalue weighted by Crippen LogP contribution is -2.42. The monoisotopic (exact) mass is 434 g/mol. The first-order valence-electron chi connectivity index (χ1n) is 9.63. The quantitative estimate of drug-likeness (QED) is 0.578. The van der Waals surface area contributed by atoms with Crippen molar-refractivity contribution < 1.29 is 24.2 Å². The molecule has 3 heterocycles. The van der Waals surface area contributed by atoms with Crippen molar-refractivity contribution >= 4 is 40.5 Å². The van der Waals surface area contributed by atoms with Crippen molar-refractivity contribution in [2.75, 3.05) is 17.7 Å². The average molecular weight is 434 g/mol. The minimum atomic E-state index is -1.25. The molecule has 156 valence electrons. The van der Waals surface area contributed by atoms with E-state index in [0.29, 0.717) is 38.7 Å². The number of methoxy groups -OCH3 is 1. The minimum Gasteiger partial charge on any atom is -0.497 e. The normalized spacial score (nSPS) is 18.9. The highest BCUT2D eigenvalue weighted by Gasteiger charge is 2.55. The number of hydrogen-bond acceptors (Lipinski definition) is 5. The van der Waals surface area contributed by atoms with Crippen molar-refractivity contribution in [3.8, 4) is 16.9 Å². The van der Waals surface area contributed by atoms with Crippen LogP contribution in [-0.4, -0.2) is 30.0 Å². The molecule has 1 atom stereocenters. The van der Waals surface area contributed by atoms with E-state index in [1.165, 1.54) is 0 Å². The molecule has 31 heavy (non-hydrogen) atoms. The third-order valence-electron chi connectivity index (χ3n) is 5.92. The first kappa shape index (κ1) is 19.3. The number of aryl methyl sites for hydroxylation is 1. The Morgan fingerprint density at radius 2 is 1.84 bits per heavy atom. The van der Waals surface area contributed by atoms with E-state index in [1.54, 1.807) is 31.4 Å². The van der Waals surface area contributed by atoms with Gasteiger partial charge in [-0.2, -0.15) is 0 Å². The molecule has 7 nitrogen and oxygen atoms in total. The Morgan fingerprint density at radius 3 is 2.52 bits per heavy atom. The number of hydrogen-bond donors (Lipinski definition) is 3. The van der Waals surface area contributed by atoms with Crippen LogP contribution in [0.1, 0.15) is 32.1 Å². The molecule has 8 heteroatoms.